The van der Waals surface area contributed by atoms with E-state index >= 15 is 0 Å². The normalized spacial score (nSPS) is 15.0. The van der Waals surface area contributed by atoms with E-state index in [1.807, 2.05) is 43.5 Å². The molecule has 134 valence electrons. The number of aromatic nitrogens is 3. The molecule has 1 atom stereocenters. The first-order valence-corrected chi connectivity index (χ1v) is 9.02. The predicted octanol–water partition coefficient (Wildman–Crippen LogP) is 3.75. The second-order valence-corrected chi connectivity index (χ2v) is 6.81. The zero-order valence-corrected chi connectivity index (χ0v) is 15.4. The van der Waals surface area contributed by atoms with Crippen LogP contribution in [0.1, 0.15) is 52.3 Å². The number of carbonyl (C=O) groups is 1. The summed E-state index contributed by atoms with van der Waals surface area (Å²) in [5.74, 6) is 7.68. The van der Waals surface area contributed by atoms with E-state index in [0.29, 0.717) is 17.4 Å². The monoisotopic (exact) mass is 356 g/mol. The van der Waals surface area contributed by atoms with Crippen molar-refractivity contribution in [1.82, 2.24) is 14.5 Å². The van der Waals surface area contributed by atoms with Gasteiger partial charge in [-0.1, -0.05) is 17.9 Å². The van der Waals surface area contributed by atoms with Crippen LogP contribution in [0.25, 0.3) is 0 Å². The van der Waals surface area contributed by atoms with Crippen molar-refractivity contribution in [3.05, 3.63) is 77.0 Å². The number of hydrogen-bond donors (Lipinski definition) is 1. The Morgan fingerprint density at radius 3 is 2.96 bits per heavy atom. The van der Waals surface area contributed by atoms with Crippen LogP contribution < -0.4 is 5.32 Å². The molecule has 0 saturated carbocycles. The van der Waals surface area contributed by atoms with Gasteiger partial charge in [-0.05, 0) is 50.1 Å². The lowest BCUT2D eigenvalue weighted by atomic mass is 10.0. The number of anilines is 1. The van der Waals surface area contributed by atoms with Gasteiger partial charge in [0.15, 0.2) is 5.82 Å². The largest absolute Gasteiger partial charge is 0.330 e. The summed E-state index contributed by atoms with van der Waals surface area (Å²) >= 11 is 0. The van der Waals surface area contributed by atoms with Crippen molar-refractivity contribution >= 4 is 11.7 Å². The number of aryl methyl sites for hydroxylation is 2. The maximum atomic E-state index is 12.6. The molecule has 1 unspecified atom stereocenters. The molecule has 5 nitrogen and oxygen atoms in total. The minimum atomic E-state index is -0.177. The third kappa shape index (κ3) is 3.61. The van der Waals surface area contributed by atoms with E-state index in [-0.39, 0.29) is 5.91 Å². The first-order valence-electron chi connectivity index (χ1n) is 9.02. The molecule has 5 heteroatoms. The Morgan fingerprint density at radius 2 is 2.19 bits per heavy atom. The van der Waals surface area contributed by atoms with Gasteiger partial charge >= 0.3 is 0 Å². The SMILES string of the molecule is Cc1ccc(C(=O)Nc2cn3c(n2)CCC3C)cc1C#Cc1cccnc1. The quantitative estimate of drug-likeness (QED) is 0.712. The third-order valence-electron chi connectivity index (χ3n) is 4.81. The van der Waals surface area contributed by atoms with Crippen molar-refractivity contribution in [2.45, 2.75) is 32.7 Å². The minimum Gasteiger partial charge on any atom is -0.330 e. The fourth-order valence-corrected chi connectivity index (χ4v) is 3.20. The fraction of sp³-hybridized carbons (Fsp3) is 0.227. The average Bonchev–Trinajstić information content (AvgIpc) is 3.23. The van der Waals surface area contributed by atoms with E-state index in [0.717, 1.165) is 35.4 Å². The molecule has 2 aromatic heterocycles. The van der Waals surface area contributed by atoms with Gasteiger partial charge in [-0.15, -0.1) is 0 Å². The zero-order chi connectivity index (χ0) is 18.8. The van der Waals surface area contributed by atoms with E-state index in [1.54, 1.807) is 12.4 Å². The molecule has 0 radical (unpaired) electrons. The Hall–Kier alpha value is -3.39. The second-order valence-electron chi connectivity index (χ2n) is 6.81. The standard InChI is InChI=1S/C22H20N4O/c1-15-5-8-19(12-18(15)9-7-17-4-3-11-23-13-17)22(27)25-20-14-26-16(2)6-10-21(26)24-20/h3-5,8,11-14,16H,6,10H2,1-2H3,(H,25,27). The van der Waals surface area contributed by atoms with Crippen LogP contribution >= 0.6 is 0 Å². The molecule has 0 fully saturated rings. The Bertz CT molecular complexity index is 1060. The maximum absolute atomic E-state index is 12.6. The Labute approximate surface area is 158 Å². The highest BCUT2D eigenvalue weighted by molar-refractivity contribution is 6.04. The van der Waals surface area contributed by atoms with Gasteiger partial charge < -0.3 is 9.88 Å². The van der Waals surface area contributed by atoms with Gasteiger partial charge in [0.05, 0.1) is 0 Å². The number of rotatable bonds is 2. The number of carbonyl (C=O) groups excluding carboxylic acids is 1. The van der Waals surface area contributed by atoms with Crippen LogP contribution in [0.15, 0.2) is 48.9 Å². The Morgan fingerprint density at radius 1 is 1.30 bits per heavy atom. The van der Waals surface area contributed by atoms with E-state index in [2.05, 4.69) is 38.6 Å². The molecule has 0 aliphatic carbocycles. The molecular formula is C22H20N4O. The minimum absolute atomic E-state index is 0.177. The number of fused-ring (bicyclic) bond motifs is 1. The smallest absolute Gasteiger partial charge is 0.256 e. The first kappa shape index (κ1) is 17.0. The second kappa shape index (κ2) is 7.08. The van der Waals surface area contributed by atoms with Gasteiger partial charge in [-0.3, -0.25) is 9.78 Å². The number of pyridine rings is 1. The molecule has 1 amide bonds. The number of hydrogen-bond acceptors (Lipinski definition) is 3. The summed E-state index contributed by atoms with van der Waals surface area (Å²) in [6, 6.07) is 9.74. The van der Waals surface area contributed by atoms with E-state index in [4.69, 9.17) is 0 Å². The van der Waals surface area contributed by atoms with E-state index in [9.17, 15) is 4.79 Å². The van der Waals surface area contributed by atoms with Crippen LogP contribution in [-0.4, -0.2) is 20.4 Å². The number of nitrogens with one attached hydrogen (secondary N) is 1. The summed E-state index contributed by atoms with van der Waals surface area (Å²) in [4.78, 5) is 21.2. The lowest BCUT2D eigenvalue weighted by Gasteiger charge is -2.06. The third-order valence-corrected chi connectivity index (χ3v) is 4.81. The molecule has 0 saturated heterocycles. The fourth-order valence-electron chi connectivity index (χ4n) is 3.20. The zero-order valence-electron chi connectivity index (χ0n) is 15.4. The summed E-state index contributed by atoms with van der Waals surface area (Å²) in [7, 11) is 0. The molecule has 4 rings (SSSR count). The molecule has 1 aromatic carbocycles. The van der Waals surface area contributed by atoms with Crippen LogP contribution in [0.3, 0.4) is 0 Å². The molecule has 27 heavy (non-hydrogen) atoms. The predicted molar refractivity (Wildman–Crippen MR) is 105 cm³/mol. The van der Waals surface area contributed by atoms with Crippen LogP contribution in [0, 0.1) is 18.8 Å². The number of amides is 1. The average molecular weight is 356 g/mol. The van der Waals surface area contributed by atoms with Crippen molar-refractivity contribution in [3.63, 3.8) is 0 Å². The molecule has 1 aliphatic rings. The highest BCUT2D eigenvalue weighted by Crippen LogP contribution is 2.26. The summed E-state index contributed by atoms with van der Waals surface area (Å²) < 4.78 is 2.13. The van der Waals surface area contributed by atoms with Crippen LogP contribution in [0.5, 0.6) is 0 Å². The number of imidazole rings is 1. The molecule has 0 spiro atoms. The molecule has 1 aliphatic heterocycles. The van der Waals surface area contributed by atoms with Gasteiger partial charge in [0, 0.05) is 47.7 Å². The lowest BCUT2D eigenvalue weighted by molar-refractivity contribution is 0.102. The van der Waals surface area contributed by atoms with E-state index in [1.165, 1.54) is 0 Å². The molecule has 0 bridgehead atoms. The van der Waals surface area contributed by atoms with E-state index < -0.39 is 0 Å². The van der Waals surface area contributed by atoms with Gasteiger partial charge in [-0.25, -0.2) is 4.98 Å². The Balaban J connectivity index is 1.54. The lowest BCUT2D eigenvalue weighted by Crippen LogP contribution is -2.12. The van der Waals surface area contributed by atoms with Crippen molar-refractivity contribution in [3.8, 4) is 11.8 Å². The summed E-state index contributed by atoms with van der Waals surface area (Å²) in [6.07, 6.45) is 7.41. The Kier molecular flexibility index (Phi) is 4.47. The molecule has 3 heterocycles. The van der Waals surface area contributed by atoms with Crippen molar-refractivity contribution < 1.29 is 4.79 Å². The first-order chi connectivity index (χ1) is 13.1. The van der Waals surface area contributed by atoms with Crippen LogP contribution in [0.4, 0.5) is 5.82 Å². The van der Waals surface area contributed by atoms with Gasteiger partial charge in [-0.2, -0.15) is 0 Å². The van der Waals surface area contributed by atoms with Gasteiger partial charge in [0.2, 0.25) is 0 Å². The van der Waals surface area contributed by atoms with Crippen LogP contribution in [0.2, 0.25) is 0 Å². The summed E-state index contributed by atoms with van der Waals surface area (Å²) in [5.41, 5.74) is 3.26. The summed E-state index contributed by atoms with van der Waals surface area (Å²) in [6.45, 7) is 4.15. The maximum Gasteiger partial charge on any atom is 0.256 e. The topological polar surface area (TPSA) is 59.8 Å². The van der Waals surface area contributed by atoms with Gasteiger partial charge in [0.1, 0.15) is 5.82 Å². The van der Waals surface area contributed by atoms with Crippen molar-refractivity contribution in [1.29, 1.82) is 0 Å². The highest BCUT2D eigenvalue weighted by atomic mass is 16.1. The number of benzene rings is 1. The van der Waals surface area contributed by atoms with Gasteiger partial charge in [0.25, 0.3) is 5.91 Å². The van der Waals surface area contributed by atoms with Crippen molar-refractivity contribution in [2.75, 3.05) is 5.32 Å². The number of nitrogens with zero attached hydrogens (tertiary/aromatic N) is 3. The van der Waals surface area contributed by atoms with Crippen molar-refractivity contribution in [2.24, 2.45) is 0 Å². The summed E-state index contributed by atoms with van der Waals surface area (Å²) in [5, 5.41) is 2.90. The molecular weight excluding hydrogens is 336 g/mol. The molecule has 3 aromatic rings. The highest BCUT2D eigenvalue weighted by Gasteiger charge is 2.21. The molecule has 1 N–H and O–H groups in total. The van der Waals surface area contributed by atoms with Crippen LogP contribution in [-0.2, 0) is 6.42 Å².